The number of amides is 2. The SMILES string of the molecule is CN(C(=O)c1ccncc1)[C@@H]1CCCC[C@@H]1NC(=O)c1cc2cc(Cl)ccc2[nH]1. The second-order valence-corrected chi connectivity index (χ2v) is 7.93. The third-order valence-electron chi connectivity index (χ3n) is 5.62. The summed E-state index contributed by atoms with van der Waals surface area (Å²) in [7, 11) is 1.81. The lowest BCUT2D eigenvalue weighted by Crippen LogP contribution is -2.53. The molecule has 0 unspecified atom stereocenters. The standard InChI is InChI=1S/C22H23ClN4O2/c1-27(22(29)14-8-10-24-11-9-14)20-5-3-2-4-18(20)26-21(28)19-13-15-12-16(23)6-7-17(15)25-19/h6-13,18,20,25H,2-5H2,1H3,(H,26,28)/t18-,20+/m0/s1. The van der Waals surface area contributed by atoms with Crippen LogP contribution < -0.4 is 5.32 Å². The topological polar surface area (TPSA) is 78.1 Å². The highest BCUT2D eigenvalue weighted by atomic mass is 35.5. The highest BCUT2D eigenvalue weighted by Gasteiger charge is 2.32. The molecule has 0 bridgehead atoms. The van der Waals surface area contributed by atoms with Crippen molar-refractivity contribution in [1.82, 2.24) is 20.2 Å². The van der Waals surface area contributed by atoms with E-state index in [2.05, 4.69) is 15.3 Å². The number of hydrogen-bond acceptors (Lipinski definition) is 3. The largest absolute Gasteiger partial charge is 0.351 e. The number of fused-ring (bicyclic) bond motifs is 1. The fourth-order valence-electron chi connectivity index (χ4n) is 4.06. The molecule has 2 atom stereocenters. The fraction of sp³-hybridized carbons (Fsp3) is 0.318. The fourth-order valence-corrected chi connectivity index (χ4v) is 4.24. The smallest absolute Gasteiger partial charge is 0.268 e. The van der Waals surface area contributed by atoms with Gasteiger partial charge >= 0.3 is 0 Å². The molecule has 1 fully saturated rings. The molecule has 4 rings (SSSR count). The summed E-state index contributed by atoms with van der Waals surface area (Å²) in [5, 5.41) is 4.67. The second-order valence-electron chi connectivity index (χ2n) is 7.50. The van der Waals surface area contributed by atoms with Crippen LogP contribution in [0.4, 0.5) is 0 Å². The van der Waals surface area contributed by atoms with Gasteiger partial charge in [-0.2, -0.15) is 0 Å². The minimum Gasteiger partial charge on any atom is -0.351 e. The van der Waals surface area contributed by atoms with E-state index in [4.69, 9.17) is 11.6 Å². The van der Waals surface area contributed by atoms with Crippen LogP contribution in [0.5, 0.6) is 0 Å². The van der Waals surface area contributed by atoms with E-state index >= 15 is 0 Å². The van der Waals surface area contributed by atoms with Crippen LogP contribution in [0.3, 0.4) is 0 Å². The summed E-state index contributed by atoms with van der Waals surface area (Å²) in [5.74, 6) is -0.224. The molecule has 1 aromatic carbocycles. The Morgan fingerprint density at radius 1 is 1.14 bits per heavy atom. The van der Waals surface area contributed by atoms with Crippen LogP contribution in [-0.2, 0) is 0 Å². The van der Waals surface area contributed by atoms with Crippen molar-refractivity contribution in [2.75, 3.05) is 7.05 Å². The van der Waals surface area contributed by atoms with E-state index in [1.165, 1.54) is 0 Å². The number of carbonyl (C=O) groups is 2. The number of hydrogen-bond donors (Lipinski definition) is 2. The molecule has 0 aliphatic heterocycles. The van der Waals surface area contributed by atoms with E-state index in [0.717, 1.165) is 36.6 Å². The molecule has 1 saturated carbocycles. The van der Waals surface area contributed by atoms with E-state index in [1.807, 2.05) is 19.2 Å². The van der Waals surface area contributed by atoms with Crippen LogP contribution in [0.25, 0.3) is 10.9 Å². The Kier molecular flexibility index (Phi) is 5.53. The first-order valence-electron chi connectivity index (χ1n) is 9.79. The quantitative estimate of drug-likeness (QED) is 0.681. The molecule has 2 amide bonds. The van der Waals surface area contributed by atoms with Crippen molar-refractivity contribution in [3.05, 3.63) is 65.1 Å². The lowest BCUT2D eigenvalue weighted by molar-refractivity contribution is 0.0625. The van der Waals surface area contributed by atoms with Crippen molar-refractivity contribution < 1.29 is 9.59 Å². The first-order valence-corrected chi connectivity index (χ1v) is 10.2. The van der Waals surface area contributed by atoms with Gasteiger partial charge in [-0.3, -0.25) is 14.6 Å². The number of nitrogens with zero attached hydrogens (tertiary/aromatic N) is 2. The Labute approximate surface area is 174 Å². The van der Waals surface area contributed by atoms with Crippen LogP contribution in [0, 0.1) is 0 Å². The van der Waals surface area contributed by atoms with Crippen molar-refractivity contribution in [1.29, 1.82) is 0 Å². The van der Waals surface area contributed by atoms with Crippen molar-refractivity contribution in [3.8, 4) is 0 Å². The van der Waals surface area contributed by atoms with Crippen molar-refractivity contribution >= 4 is 34.3 Å². The Hall–Kier alpha value is -2.86. The molecule has 6 nitrogen and oxygen atoms in total. The average molecular weight is 411 g/mol. The summed E-state index contributed by atoms with van der Waals surface area (Å²) in [5.41, 5.74) is 1.96. The lowest BCUT2D eigenvalue weighted by atomic mass is 9.89. The molecule has 0 spiro atoms. The molecular weight excluding hydrogens is 388 g/mol. The normalized spacial score (nSPS) is 19.1. The third kappa shape index (κ3) is 4.12. The van der Waals surface area contributed by atoms with Crippen molar-refractivity contribution in [2.45, 2.75) is 37.8 Å². The summed E-state index contributed by atoms with van der Waals surface area (Å²) in [6.45, 7) is 0. The first-order chi connectivity index (χ1) is 14.0. The van der Waals surface area contributed by atoms with Crippen LogP contribution >= 0.6 is 11.6 Å². The van der Waals surface area contributed by atoms with Gasteiger partial charge in [-0.25, -0.2) is 0 Å². The molecule has 0 saturated heterocycles. The maximum atomic E-state index is 12.9. The van der Waals surface area contributed by atoms with Gasteiger partial charge in [0, 0.05) is 47.0 Å². The predicted octanol–water partition coefficient (Wildman–Crippen LogP) is 4.03. The summed E-state index contributed by atoms with van der Waals surface area (Å²) in [6.07, 6.45) is 7.00. The monoisotopic (exact) mass is 410 g/mol. The van der Waals surface area contributed by atoms with E-state index in [0.29, 0.717) is 16.3 Å². The van der Waals surface area contributed by atoms with Gasteiger partial charge in [-0.1, -0.05) is 24.4 Å². The van der Waals surface area contributed by atoms with Crippen LogP contribution in [-0.4, -0.2) is 45.8 Å². The Morgan fingerprint density at radius 2 is 1.90 bits per heavy atom. The van der Waals surface area contributed by atoms with Crippen LogP contribution in [0.2, 0.25) is 5.02 Å². The molecule has 2 N–H and O–H groups in total. The number of H-pyrrole nitrogens is 1. The number of aromatic amines is 1. The van der Waals surface area contributed by atoms with Gasteiger partial charge in [0.05, 0.1) is 6.04 Å². The highest BCUT2D eigenvalue weighted by Crippen LogP contribution is 2.25. The van der Waals surface area contributed by atoms with Crippen molar-refractivity contribution in [2.24, 2.45) is 0 Å². The van der Waals surface area contributed by atoms with Gasteiger partial charge in [0.2, 0.25) is 0 Å². The first kappa shape index (κ1) is 19.5. The zero-order chi connectivity index (χ0) is 20.4. The van der Waals surface area contributed by atoms with Crippen LogP contribution in [0.15, 0.2) is 48.8 Å². The zero-order valence-electron chi connectivity index (χ0n) is 16.2. The predicted molar refractivity (Wildman–Crippen MR) is 113 cm³/mol. The van der Waals surface area contributed by atoms with Gasteiger partial charge in [-0.15, -0.1) is 0 Å². The molecule has 29 heavy (non-hydrogen) atoms. The minimum atomic E-state index is -0.168. The Balaban J connectivity index is 1.50. The molecule has 3 aromatic rings. The molecule has 2 aromatic heterocycles. The second kappa shape index (κ2) is 8.25. The van der Waals surface area contributed by atoms with Gasteiger partial charge in [0.25, 0.3) is 11.8 Å². The number of aromatic nitrogens is 2. The molecule has 7 heteroatoms. The Bertz CT molecular complexity index is 1030. The number of carbonyl (C=O) groups excluding carboxylic acids is 2. The van der Waals surface area contributed by atoms with E-state index in [-0.39, 0.29) is 23.9 Å². The number of benzene rings is 1. The summed E-state index contributed by atoms with van der Waals surface area (Å²) < 4.78 is 0. The number of likely N-dealkylation sites (N-methyl/N-ethyl adjacent to an activating group) is 1. The third-order valence-corrected chi connectivity index (χ3v) is 5.85. The molecule has 2 heterocycles. The molecule has 150 valence electrons. The van der Waals surface area contributed by atoms with E-state index in [9.17, 15) is 9.59 Å². The summed E-state index contributed by atoms with van der Waals surface area (Å²) in [4.78, 5) is 34.6. The summed E-state index contributed by atoms with van der Waals surface area (Å²) >= 11 is 6.04. The number of rotatable bonds is 4. The summed E-state index contributed by atoms with van der Waals surface area (Å²) in [6, 6.07) is 10.6. The van der Waals surface area contributed by atoms with Crippen LogP contribution in [0.1, 0.15) is 46.5 Å². The van der Waals surface area contributed by atoms with Gasteiger partial charge < -0.3 is 15.2 Å². The van der Waals surface area contributed by atoms with E-state index in [1.54, 1.807) is 41.6 Å². The minimum absolute atomic E-state index is 0.0489. The maximum Gasteiger partial charge on any atom is 0.268 e. The van der Waals surface area contributed by atoms with Gasteiger partial charge in [0.1, 0.15) is 5.69 Å². The van der Waals surface area contributed by atoms with E-state index < -0.39 is 0 Å². The molecule has 1 aliphatic rings. The molecule has 1 aliphatic carbocycles. The number of pyridine rings is 1. The average Bonchev–Trinajstić information content (AvgIpc) is 3.17. The zero-order valence-corrected chi connectivity index (χ0v) is 16.9. The Morgan fingerprint density at radius 3 is 2.69 bits per heavy atom. The van der Waals surface area contributed by atoms with Crippen molar-refractivity contribution in [3.63, 3.8) is 0 Å². The number of nitrogens with one attached hydrogen (secondary N) is 2. The molecule has 0 radical (unpaired) electrons. The van der Waals surface area contributed by atoms with Gasteiger partial charge in [-0.05, 0) is 49.2 Å². The highest BCUT2D eigenvalue weighted by molar-refractivity contribution is 6.31. The molecular formula is C22H23ClN4O2. The number of halogens is 1. The van der Waals surface area contributed by atoms with Gasteiger partial charge in [0.15, 0.2) is 0 Å². The lowest BCUT2D eigenvalue weighted by Gasteiger charge is -2.38. The maximum absolute atomic E-state index is 12.9.